The van der Waals surface area contributed by atoms with Gasteiger partial charge in [0.05, 0.1) is 29.7 Å². The molecule has 1 aliphatic heterocycles. The van der Waals surface area contributed by atoms with Gasteiger partial charge in [0.15, 0.2) is 0 Å². The maximum absolute atomic E-state index is 12.0. The third kappa shape index (κ3) is 2.07. The molecule has 1 atom stereocenters. The van der Waals surface area contributed by atoms with Gasteiger partial charge in [-0.1, -0.05) is 6.07 Å². The molecule has 1 aromatic carbocycles. The van der Waals surface area contributed by atoms with Crippen LogP contribution in [0.1, 0.15) is 20.7 Å². The Morgan fingerprint density at radius 3 is 2.58 bits per heavy atom. The summed E-state index contributed by atoms with van der Waals surface area (Å²) in [5, 5.41) is 28.8. The number of carbonyl (C=O) groups is 2. The van der Waals surface area contributed by atoms with Crippen LogP contribution in [0.4, 0.5) is 5.69 Å². The Hall–Kier alpha value is -2.32. The molecule has 0 bridgehead atoms. The third-order valence-corrected chi connectivity index (χ3v) is 2.78. The van der Waals surface area contributed by atoms with Crippen LogP contribution in [-0.4, -0.2) is 51.1 Å². The van der Waals surface area contributed by atoms with E-state index in [-0.39, 0.29) is 11.1 Å². The molecule has 19 heavy (non-hydrogen) atoms. The Balaban J connectivity index is 2.44. The minimum absolute atomic E-state index is 0.0654. The zero-order chi connectivity index (χ0) is 14.2. The number of carbonyl (C=O) groups excluding carboxylic acids is 2. The fraction of sp³-hybridized carbons (Fsp3) is 0.273. The predicted octanol–water partition coefficient (Wildman–Crippen LogP) is -0.456. The van der Waals surface area contributed by atoms with Crippen LogP contribution in [0.5, 0.6) is 0 Å². The minimum Gasteiger partial charge on any atom is -0.394 e. The van der Waals surface area contributed by atoms with Crippen LogP contribution in [-0.2, 0) is 0 Å². The van der Waals surface area contributed by atoms with Crippen molar-refractivity contribution in [2.45, 2.75) is 6.10 Å². The second-order valence-corrected chi connectivity index (χ2v) is 4.01. The summed E-state index contributed by atoms with van der Waals surface area (Å²) in [6.45, 7) is -1.02. The molecule has 1 heterocycles. The van der Waals surface area contributed by atoms with Gasteiger partial charge in [-0.15, -0.1) is 0 Å². The van der Waals surface area contributed by atoms with Gasteiger partial charge in [-0.25, -0.2) is 0 Å². The lowest BCUT2D eigenvalue weighted by Gasteiger charge is -2.16. The molecule has 0 aromatic heterocycles. The Labute approximate surface area is 107 Å². The number of hydrogen-bond acceptors (Lipinski definition) is 6. The Morgan fingerprint density at radius 2 is 2.00 bits per heavy atom. The normalized spacial score (nSPS) is 15.6. The average Bonchev–Trinajstić information content (AvgIpc) is 2.63. The highest BCUT2D eigenvalue weighted by atomic mass is 16.6. The summed E-state index contributed by atoms with van der Waals surface area (Å²) in [6.07, 6.45) is -1.28. The topological polar surface area (TPSA) is 121 Å². The molecule has 0 aliphatic carbocycles. The van der Waals surface area contributed by atoms with Crippen LogP contribution in [0.25, 0.3) is 0 Å². The first-order valence-corrected chi connectivity index (χ1v) is 5.40. The van der Waals surface area contributed by atoms with Crippen molar-refractivity contribution in [1.29, 1.82) is 0 Å². The van der Waals surface area contributed by atoms with E-state index in [2.05, 4.69) is 0 Å². The van der Waals surface area contributed by atoms with E-state index in [0.29, 0.717) is 4.90 Å². The van der Waals surface area contributed by atoms with Gasteiger partial charge in [-0.2, -0.15) is 0 Å². The molecule has 1 unspecified atom stereocenters. The van der Waals surface area contributed by atoms with Crippen molar-refractivity contribution in [3.05, 3.63) is 39.4 Å². The van der Waals surface area contributed by atoms with E-state index in [1.165, 1.54) is 12.1 Å². The lowest BCUT2D eigenvalue weighted by Crippen LogP contribution is -2.38. The van der Waals surface area contributed by atoms with Gasteiger partial charge in [0, 0.05) is 6.07 Å². The third-order valence-electron chi connectivity index (χ3n) is 2.78. The quantitative estimate of drug-likeness (QED) is 0.432. The number of amides is 2. The monoisotopic (exact) mass is 266 g/mol. The van der Waals surface area contributed by atoms with E-state index in [1.807, 2.05) is 0 Å². The summed E-state index contributed by atoms with van der Waals surface area (Å²) in [7, 11) is 0. The van der Waals surface area contributed by atoms with Gasteiger partial charge < -0.3 is 10.2 Å². The van der Waals surface area contributed by atoms with Crippen molar-refractivity contribution < 1.29 is 24.7 Å². The molecule has 1 aliphatic rings. The molecule has 8 nitrogen and oxygen atoms in total. The molecule has 2 amide bonds. The van der Waals surface area contributed by atoms with E-state index in [0.717, 1.165) is 6.07 Å². The van der Waals surface area contributed by atoms with Crippen LogP contribution in [0.3, 0.4) is 0 Å². The highest BCUT2D eigenvalue weighted by molar-refractivity contribution is 6.23. The first-order valence-electron chi connectivity index (χ1n) is 5.40. The fourth-order valence-electron chi connectivity index (χ4n) is 1.90. The zero-order valence-corrected chi connectivity index (χ0v) is 9.65. The standard InChI is InChI=1S/C11H10N2O6/c14-5-6(15)4-12-10(16)7-2-1-3-8(13(18)19)9(7)11(12)17/h1-3,6,14-15H,4-5H2. The largest absolute Gasteiger partial charge is 0.394 e. The molecule has 0 fully saturated rings. The number of hydrogen-bond donors (Lipinski definition) is 2. The first-order chi connectivity index (χ1) is 8.97. The van der Waals surface area contributed by atoms with Crippen molar-refractivity contribution in [2.75, 3.05) is 13.2 Å². The van der Waals surface area contributed by atoms with E-state index < -0.39 is 41.7 Å². The summed E-state index contributed by atoms with van der Waals surface area (Å²) >= 11 is 0. The molecule has 2 N–H and O–H groups in total. The maximum atomic E-state index is 12.0. The highest BCUT2D eigenvalue weighted by Crippen LogP contribution is 2.30. The van der Waals surface area contributed by atoms with Crippen LogP contribution >= 0.6 is 0 Å². The second kappa shape index (κ2) is 4.75. The molecule has 2 rings (SSSR count). The van der Waals surface area contributed by atoms with Crippen LogP contribution in [0.15, 0.2) is 18.2 Å². The van der Waals surface area contributed by atoms with Crippen molar-refractivity contribution in [2.24, 2.45) is 0 Å². The maximum Gasteiger partial charge on any atom is 0.282 e. The molecule has 100 valence electrons. The number of nitro groups is 1. The number of aliphatic hydroxyl groups excluding tert-OH is 2. The smallest absolute Gasteiger partial charge is 0.282 e. The lowest BCUT2D eigenvalue weighted by molar-refractivity contribution is -0.385. The Kier molecular flexibility index (Phi) is 3.28. The summed E-state index contributed by atoms with van der Waals surface area (Å²) in [5.74, 6) is -1.55. The molecule has 0 spiro atoms. The summed E-state index contributed by atoms with van der Waals surface area (Å²) in [6, 6.07) is 3.76. The zero-order valence-electron chi connectivity index (χ0n) is 9.65. The molecule has 1 aromatic rings. The minimum atomic E-state index is -1.28. The predicted molar refractivity (Wildman–Crippen MR) is 61.6 cm³/mol. The molecular formula is C11H10N2O6. The molecular weight excluding hydrogens is 256 g/mol. The van der Waals surface area contributed by atoms with Crippen LogP contribution in [0.2, 0.25) is 0 Å². The van der Waals surface area contributed by atoms with Gasteiger partial charge in [0.25, 0.3) is 17.5 Å². The lowest BCUT2D eigenvalue weighted by atomic mass is 10.1. The molecule has 0 saturated carbocycles. The summed E-state index contributed by atoms with van der Waals surface area (Å²) < 4.78 is 0. The van der Waals surface area contributed by atoms with Crippen LogP contribution < -0.4 is 0 Å². The summed E-state index contributed by atoms with van der Waals surface area (Å²) in [4.78, 5) is 34.7. The second-order valence-electron chi connectivity index (χ2n) is 4.01. The molecule has 8 heteroatoms. The number of β-amino-alcohol motifs (C(OH)–C–C–N with tert-alkyl or cyclic N) is 1. The van der Waals surface area contributed by atoms with E-state index in [4.69, 9.17) is 5.11 Å². The van der Waals surface area contributed by atoms with Gasteiger partial charge in [-0.3, -0.25) is 24.6 Å². The van der Waals surface area contributed by atoms with Gasteiger partial charge in [-0.05, 0) is 6.07 Å². The number of aliphatic hydroxyl groups is 2. The number of imide groups is 1. The molecule has 0 radical (unpaired) electrons. The number of rotatable bonds is 4. The van der Waals surface area contributed by atoms with Crippen LogP contribution in [0, 0.1) is 10.1 Å². The van der Waals surface area contributed by atoms with Gasteiger partial charge in [0.1, 0.15) is 5.56 Å². The van der Waals surface area contributed by atoms with Gasteiger partial charge in [0.2, 0.25) is 0 Å². The van der Waals surface area contributed by atoms with Crippen molar-refractivity contribution >= 4 is 17.5 Å². The SMILES string of the molecule is O=C1c2cccc([N+](=O)[O-])c2C(=O)N1CC(O)CO. The van der Waals surface area contributed by atoms with Crippen molar-refractivity contribution in [3.63, 3.8) is 0 Å². The van der Waals surface area contributed by atoms with Crippen molar-refractivity contribution in [3.8, 4) is 0 Å². The number of fused-ring (bicyclic) bond motifs is 1. The van der Waals surface area contributed by atoms with E-state index in [1.54, 1.807) is 0 Å². The highest BCUT2D eigenvalue weighted by Gasteiger charge is 2.41. The van der Waals surface area contributed by atoms with E-state index >= 15 is 0 Å². The average molecular weight is 266 g/mol. The fourth-order valence-corrected chi connectivity index (χ4v) is 1.90. The first kappa shape index (κ1) is 13.1. The number of benzene rings is 1. The Morgan fingerprint density at radius 1 is 1.32 bits per heavy atom. The Bertz CT molecular complexity index is 570. The number of nitro benzene ring substituents is 1. The van der Waals surface area contributed by atoms with E-state index in [9.17, 15) is 24.8 Å². The van der Waals surface area contributed by atoms with Crippen molar-refractivity contribution in [1.82, 2.24) is 4.90 Å². The van der Waals surface area contributed by atoms with Gasteiger partial charge >= 0.3 is 0 Å². The number of nitrogens with zero attached hydrogens (tertiary/aromatic N) is 2. The summed E-state index contributed by atoms with van der Waals surface area (Å²) in [5.41, 5.74) is -0.788. The molecule has 0 saturated heterocycles.